The smallest absolute Gasteiger partial charge is 0.328 e. The molecule has 0 radical (unpaired) electrons. The van der Waals surface area contributed by atoms with E-state index in [0.29, 0.717) is 12.0 Å². The summed E-state index contributed by atoms with van der Waals surface area (Å²) in [7, 11) is 0. The van der Waals surface area contributed by atoms with Gasteiger partial charge in [0, 0.05) is 39.2 Å². The highest BCUT2D eigenvalue weighted by Gasteiger charge is 2.44. The number of nitrogens with zero attached hydrogens (tertiary/aromatic N) is 20. The van der Waals surface area contributed by atoms with Crippen LogP contribution >= 0.6 is 0 Å². The number of hydrogen-bond acceptors (Lipinski definition) is 24. The zero-order valence-corrected chi connectivity index (χ0v) is 83.4. The van der Waals surface area contributed by atoms with E-state index in [1.165, 1.54) is 143 Å². The summed E-state index contributed by atoms with van der Waals surface area (Å²) in [4.78, 5) is 119. The van der Waals surface area contributed by atoms with Crippen LogP contribution in [0.15, 0.2) is 125 Å². The van der Waals surface area contributed by atoms with Gasteiger partial charge in [0.25, 0.3) is 5.91 Å². The number of benzene rings is 1. The Balaban J connectivity index is 2.53. The molecule has 2 rings (SSSR count). The van der Waals surface area contributed by atoms with Gasteiger partial charge in [-0.2, -0.15) is 0 Å². The van der Waals surface area contributed by atoms with E-state index in [-0.39, 0.29) is 44.0 Å². The third-order valence-electron chi connectivity index (χ3n) is 21.0. The molecule has 0 unspecified atom stereocenters. The van der Waals surface area contributed by atoms with E-state index in [0.717, 1.165) is 0 Å². The van der Waals surface area contributed by atoms with E-state index in [1.807, 2.05) is 0 Å². The van der Waals surface area contributed by atoms with Crippen LogP contribution in [0.3, 0.4) is 0 Å². The number of aliphatic carboxylic acids is 2. The zero-order chi connectivity index (χ0) is 107. The number of carboxylic acid groups (broad SMARTS) is 2. The number of carbonyl (C=O) groups is 3. The molecular weight excluding hydrogens is 1810 g/mol. The van der Waals surface area contributed by atoms with E-state index in [1.54, 1.807) is 71.9 Å². The van der Waals surface area contributed by atoms with E-state index < -0.39 is 297 Å². The molecule has 0 spiro atoms. The quantitative estimate of drug-likeness (QED) is 0.0213. The van der Waals surface area contributed by atoms with Gasteiger partial charge in [-0.3, -0.25) is 20.4 Å². The second kappa shape index (κ2) is 51.1. The average molecular weight is 1950 g/mol. The molecule has 1 fully saturated rings. The maximum absolute atomic E-state index is 14.6. The number of aliphatic imine (C=N–C) groups is 19. The predicted octanol–water partition coefficient (Wildman–Crippen LogP) is 13.3. The van der Waals surface area contributed by atoms with E-state index in [4.69, 9.17) is 10.8 Å². The van der Waals surface area contributed by atoms with Gasteiger partial charge in [0.1, 0.15) is 111 Å². The van der Waals surface area contributed by atoms with Crippen LogP contribution in [0.25, 0.3) is 0 Å². The predicted molar refractivity (Wildman–Crippen MR) is 537 cm³/mol. The van der Waals surface area contributed by atoms with Crippen molar-refractivity contribution in [3.63, 3.8) is 0 Å². The van der Waals surface area contributed by atoms with E-state index in [2.05, 4.69) is 94.9 Å². The molecule has 25 N–H and O–H groups in total. The number of carboxylic acids is 2. The highest BCUT2D eigenvalue weighted by molar-refractivity contribution is 6.00. The fraction of sp³-hybridized carbons (Fsp3) is 0.667. The minimum absolute atomic E-state index is 0.0350. The third kappa shape index (κ3) is 38.6. The summed E-state index contributed by atoms with van der Waals surface area (Å²) in [6.45, 7) is 36.1. The first-order valence-corrected chi connectivity index (χ1v) is 44.6. The van der Waals surface area contributed by atoms with Gasteiger partial charge < -0.3 is 122 Å². The molecule has 1 aliphatic rings. The highest BCUT2D eigenvalue weighted by Crippen LogP contribution is 2.30. The molecule has 772 valence electrons. The number of aliphatic hydroxyl groups is 21. The van der Waals surface area contributed by atoms with Gasteiger partial charge >= 0.3 is 11.9 Å². The number of aliphatic hydroxyl groups excluding tert-OH is 21. The van der Waals surface area contributed by atoms with Gasteiger partial charge in [-0.1, -0.05) is 71.9 Å². The molecule has 1 saturated heterocycles. The van der Waals surface area contributed by atoms with Crippen molar-refractivity contribution in [2.45, 2.75) is 355 Å². The van der Waals surface area contributed by atoms with Crippen molar-refractivity contribution < 1.29 is 132 Å². The van der Waals surface area contributed by atoms with Gasteiger partial charge in [0.15, 0.2) is 23.7 Å². The molecule has 0 bridgehead atoms. The van der Waals surface area contributed by atoms with E-state index >= 15 is 0 Å². The largest absolute Gasteiger partial charge is 0.497 e. The Hall–Kier alpha value is -13.5. The molecule has 1 aromatic rings. The van der Waals surface area contributed by atoms with Gasteiger partial charge in [-0.15, -0.1) is 0 Å². The number of carbonyl (C=O) groups excluding carboxylic acids is 1. The maximum Gasteiger partial charge on any atom is 0.328 e. The summed E-state index contributed by atoms with van der Waals surface area (Å²) in [5.41, 5.74) is -13.5. The molecule has 0 aromatic heterocycles. The summed E-state index contributed by atoms with van der Waals surface area (Å²) in [5, 5.41) is 268. The monoisotopic (exact) mass is 1950 g/mol. The lowest BCUT2D eigenvalue weighted by Crippen LogP contribution is -2.50. The Morgan fingerprint density at radius 2 is 0.725 bits per heavy atom. The topological polar surface area (TPSA) is 802 Å². The Morgan fingerprint density at radius 1 is 0.370 bits per heavy atom. The second-order valence-electron chi connectivity index (χ2n) is 38.5. The Labute approximate surface area is 802 Å². The molecule has 11 atom stereocenters. The molecule has 1 amide bonds. The van der Waals surface area contributed by atoms with Gasteiger partial charge in [-0.05, 0) is 193 Å². The molecule has 0 aliphatic carbocycles. The summed E-state index contributed by atoms with van der Waals surface area (Å²) < 4.78 is 0. The fourth-order valence-electron chi connectivity index (χ4n) is 12.6. The molecule has 1 aromatic carbocycles. The van der Waals surface area contributed by atoms with Crippen molar-refractivity contribution in [2.75, 3.05) is 13.1 Å². The molecule has 0 saturated carbocycles. The lowest BCUT2D eigenvalue weighted by molar-refractivity contribution is -0.139. The highest BCUT2D eigenvalue weighted by atomic mass is 16.4. The van der Waals surface area contributed by atoms with E-state index in [9.17, 15) is 132 Å². The van der Waals surface area contributed by atoms with Crippen molar-refractivity contribution in [1.82, 2.24) is 4.90 Å². The Kier molecular flexibility index (Phi) is 44.6. The van der Waals surface area contributed by atoms with Crippen LogP contribution in [-0.4, -0.2) is 388 Å². The number of nitrogens with one attached hydrogen (secondary N) is 2. The Bertz CT molecular complexity index is 5020. The number of hydrogen-bond donors (Lipinski definition) is 25. The number of amides is 1. The average Bonchev–Trinajstić information content (AvgIpc) is 1.63. The molecular formula is C90H146N22O26. The van der Waals surface area contributed by atoms with Crippen LogP contribution in [0.5, 0.6) is 0 Å². The van der Waals surface area contributed by atoms with Crippen molar-refractivity contribution >= 4 is 142 Å². The molecule has 48 nitrogen and oxygen atoms in total. The van der Waals surface area contributed by atoms with Crippen LogP contribution in [0.4, 0.5) is 0 Å². The maximum atomic E-state index is 14.6. The van der Waals surface area contributed by atoms with Crippen molar-refractivity contribution in [2.24, 2.45) is 113 Å². The van der Waals surface area contributed by atoms with Crippen LogP contribution in [0.2, 0.25) is 0 Å². The van der Waals surface area contributed by atoms with Crippen molar-refractivity contribution in [1.29, 1.82) is 10.8 Å². The van der Waals surface area contributed by atoms with Crippen molar-refractivity contribution in [3.05, 3.63) is 35.9 Å². The summed E-state index contributed by atoms with van der Waals surface area (Å²) >= 11 is 0. The normalized spacial score (nSPS) is 18.8. The minimum atomic E-state index is -1.94. The summed E-state index contributed by atoms with van der Waals surface area (Å²) in [6, 6.07) is -7.29. The first kappa shape index (κ1) is 121. The van der Waals surface area contributed by atoms with Crippen LogP contribution in [0.1, 0.15) is 243 Å². The van der Waals surface area contributed by atoms with Gasteiger partial charge in [0.2, 0.25) is 106 Å². The lowest BCUT2D eigenvalue weighted by Gasteiger charge is -2.31. The number of rotatable bonds is 54. The zero-order valence-electron chi connectivity index (χ0n) is 83.4. The van der Waals surface area contributed by atoms with Crippen molar-refractivity contribution in [3.8, 4) is 0 Å². The number of likely N-dealkylation sites (tertiary alicyclic amines) is 1. The molecule has 1 heterocycles. The van der Waals surface area contributed by atoms with Crippen LogP contribution in [-0.2, 0) is 20.8 Å². The van der Waals surface area contributed by atoms with Crippen LogP contribution in [0, 0.1) is 28.6 Å². The summed E-state index contributed by atoms with van der Waals surface area (Å²) in [6.07, 6.45) is -2.55. The lowest BCUT2D eigenvalue weighted by atomic mass is 10.0. The SMILES string of the molecule is CC(O)=NC(C)(C)C(O)=N[C@@H](C)C(O)=NC(C)(C)C(O)=N[C@@H](C)C(O)=NC(C)(C)C(O)=N[C@@H](C)C(O)=N[C@@H](CCC(=N)O)C(O)=NC(C)(C)C(O)=N[C@H](C(O)=NC(C)(C)C(O)=NCC(O)=N[C@@H](CC(C)C)C(O)=NC(C)(C)C(=O)N1CCC[C@H]1C(O)=N[C@H](C(O)=NC(C)(C)C(O)=NC(C)(C)C(O)=N[C@@H](CCC(=O)O)C(O)=N[C@@H](CCC(=N)O)C(O)=N[C@@H](Cc1ccccc1)C(=O)O)C(C)C)C(C)C. The molecule has 1 aliphatic heterocycles. The fourth-order valence-corrected chi connectivity index (χ4v) is 12.6. The first-order chi connectivity index (χ1) is 63.0. The van der Waals surface area contributed by atoms with Gasteiger partial charge in [-0.25, -0.2) is 99.7 Å². The minimum Gasteiger partial charge on any atom is -0.497 e. The standard InChI is InChI=1S/C90H146N22O26/c1-44(2)41-55(70(125)108-90(25,26)82(138)112-40-30-33-57(112)71(126)102-62(45(3)4)72(127)110-89(23,24)81(137)111-88(21,22)79(135)101-53(36-39-61(117)118)68(123)99-52(34-37-58(91)114)67(122)100-56(74(129)130)42-51-31-28-27-29-32-51)97-60(116)43-93-75(131)83(11,12)109-73(128)63(46(5)6)103-80(136)87(19,20)107-69(124)54(35-38-59(92)115)98-64(119)47(7)94-77(133)85(15,16)105-66(121)49(9)96-78(134)86(17,18)106-65(120)48(8)95-76(132)84(13,14)104-50(10)113/h27-29,31-32,44-49,52-57,62-63H,30,33-43H2,1-26H3,(H2,91,114)(H2,92,115)(H,93,131)(H,94,133)(H,95,132)(H,96,134)(H,97,116)(H,98,119)(H,99,123)(H,100,122)(H,101,135)(H,102,126)(H,103,136)(H,104,113)(H,105,121)(H,106,120)(H,107,124)(H,108,125)(H,109,128)(H,110,127)(H,111,137)(H,117,118)(H,129,130)/t47-,48-,49-,52-,53-,54-,55-,56-,57-,62-,63-/m0/s1. The third-order valence-corrected chi connectivity index (χ3v) is 21.0. The first-order valence-electron chi connectivity index (χ1n) is 44.6. The second-order valence-corrected chi connectivity index (χ2v) is 38.5. The summed E-state index contributed by atoms with van der Waals surface area (Å²) in [5.74, 6) is -21.0. The molecule has 48 heteroatoms. The molecule has 138 heavy (non-hydrogen) atoms. The van der Waals surface area contributed by atoms with Gasteiger partial charge in [0.05, 0.1) is 0 Å². The Morgan fingerprint density at radius 3 is 1.16 bits per heavy atom. The van der Waals surface area contributed by atoms with Crippen LogP contribution < -0.4 is 0 Å².